The van der Waals surface area contributed by atoms with Gasteiger partial charge in [0.15, 0.2) is 0 Å². The van der Waals surface area contributed by atoms with Gasteiger partial charge in [-0.25, -0.2) is 0 Å². The highest BCUT2D eigenvalue weighted by Gasteiger charge is 2.11. The Morgan fingerprint density at radius 1 is 1.40 bits per heavy atom. The zero-order valence-electron chi connectivity index (χ0n) is 8.71. The second-order valence-electron chi connectivity index (χ2n) is 3.67. The topological polar surface area (TPSA) is 9.23 Å². The first-order valence-electron chi connectivity index (χ1n) is 5.39. The normalized spacial score (nSPS) is 15.0. The summed E-state index contributed by atoms with van der Waals surface area (Å²) in [6.07, 6.45) is 7.37. The Hall–Kier alpha value is -0.950. The van der Waals surface area contributed by atoms with Crippen molar-refractivity contribution in [1.82, 2.24) is 0 Å². The fraction of sp³-hybridized carbons (Fsp3) is 0.385. The van der Waals surface area contributed by atoms with Gasteiger partial charge >= 0.3 is 0 Å². The molecule has 0 bridgehead atoms. The highest BCUT2D eigenvalue weighted by Crippen LogP contribution is 2.29. The van der Waals surface area contributed by atoms with Gasteiger partial charge in [-0.1, -0.05) is 30.4 Å². The molecule has 0 aliphatic carbocycles. The zero-order valence-corrected chi connectivity index (χ0v) is 9.46. The SMILES string of the molecule is ClCC/C=C/c1cccc2c1OCCC2. The molecule has 0 N–H and O–H groups in total. The first kappa shape index (κ1) is 10.6. The van der Waals surface area contributed by atoms with Crippen molar-refractivity contribution in [1.29, 1.82) is 0 Å². The van der Waals surface area contributed by atoms with E-state index in [9.17, 15) is 0 Å². The highest BCUT2D eigenvalue weighted by molar-refractivity contribution is 6.17. The molecule has 1 aliphatic heterocycles. The second kappa shape index (κ2) is 5.22. The lowest BCUT2D eigenvalue weighted by atomic mass is 10.0. The summed E-state index contributed by atoms with van der Waals surface area (Å²) in [7, 11) is 0. The molecule has 0 aromatic heterocycles. The zero-order chi connectivity index (χ0) is 10.5. The van der Waals surface area contributed by atoms with E-state index < -0.39 is 0 Å². The maximum atomic E-state index is 5.70. The Balaban J connectivity index is 2.23. The van der Waals surface area contributed by atoms with Crippen LogP contribution in [0.15, 0.2) is 24.3 Å². The lowest BCUT2D eigenvalue weighted by Crippen LogP contribution is -2.09. The van der Waals surface area contributed by atoms with E-state index in [0.717, 1.165) is 31.6 Å². The summed E-state index contributed by atoms with van der Waals surface area (Å²) >= 11 is 5.63. The van der Waals surface area contributed by atoms with Gasteiger partial charge in [0.25, 0.3) is 0 Å². The van der Waals surface area contributed by atoms with Gasteiger partial charge in [-0.15, -0.1) is 11.6 Å². The van der Waals surface area contributed by atoms with E-state index in [2.05, 4.69) is 30.4 Å². The van der Waals surface area contributed by atoms with Crippen LogP contribution in [0.4, 0.5) is 0 Å². The van der Waals surface area contributed by atoms with Crippen molar-refractivity contribution in [2.45, 2.75) is 19.3 Å². The van der Waals surface area contributed by atoms with Gasteiger partial charge in [-0.05, 0) is 24.8 Å². The Labute approximate surface area is 95.7 Å². The smallest absolute Gasteiger partial charge is 0.129 e. The standard InChI is InChI=1S/C13H15ClO/c14-9-2-1-5-11-6-3-7-12-8-4-10-15-13(11)12/h1,3,5-7H,2,4,8-10H2/b5-1+. The molecule has 0 saturated carbocycles. The molecule has 0 amide bonds. The number of allylic oxidation sites excluding steroid dienone is 1. The van der Waals surface area contributed by atoms with Crippen molar-refractivity contribution in [2.75, 3.05) is 12.5 Å². The Morgan fingerprint density at radius 3 is 3.20 bits per heavy atom. The summed E-state index contributed by atoms with van der Waals surface area (Å²) in [4.78, 5) is 0. The van der Waals surface area contributed by atoms with Crippen molar-refractivity contribution in [3.05, 3.63) is 35.4 Å². The summed E-state index contributed by atoms with van der Waals surface area (Å²) in [5, 5.41) is 0. The number of benzene rings is 1. The summed E-state index contributed by atoms with van der Waals surface area (Å²) < 4.78 is 5.70. The summed E-state index contributed by atoms with van der Waals surface area (Å²) in [5.74, 6) is 1.74. The highest BCUT2D eigenvalue weighted by atomic mass is 35.5. The average molecular weight is 223 g/mol. The van der Waals surface area contributed by atoms with Crippen molar-refractivity contribution in [3.8, 4) is 5.75 Å². The van der Waals surface area contributed by atoms with Crippen molar-refractivity contribution >= 4 is 17.7 Å². The van der Waals surface area contributed by atoms with Crippen LogP contribution in [-0.2, 0) is 6.42 Å². The fourth-order valence-corrected chi connectivity index (χ4v) is 1.94. The number of aryl methyl sites for hydroxylation is 1. The van der Waals surface area contributed by atoms with Crippen LogP contribution in [0.3, 0.4) is 0 Å². The van der Waals surface area contributed by atoms with Crippen LogP contribution in [-0.4, -0.2) is 12.5 Å². The molecule has 0 radical (unpaired) electrons. The van der Waals surface area contributed by atoms with Gasteiger partial charge in [-0.2, -0.15) is 0 Å². The van der Waals surface area contributed by atoms with Crippen LogP contribution >= 0.6 is 11.6 Å². The summed E-state index contributed by atoms with van der Waals surface area (Å²) in [6, 6.07) is 6.33. The van der Waals surface area contributed by atoms with Gasteiger partial charge in [0, 0.05) is 11.4 Å². The molecule has 0 atom stereocenters. The molecule has 0 saturated heterocycles. The molecular formula is C13H15ClO. The average Bonchev–Trinajstić information content (AvgIpc) is 2.30. The molecule has 15 heavy (non-hydrogen) atoms. The quantitative estimate of drug-likeness (QED) is 0.710. The number of fused-ring (bicyclic) bond motifs is 1. The largest absolute Gasteiger partial charge is 0.493 e. The third-order valence-electron chi connectivity index (χ3n) is 2.54. The molecule has 1 aromatic carbocycles. The molecule has 2 heteroatoms. The van der Waals surface area contributed by atoms with E-state index in [-0.39, 0.29) is 0 Å². The van der Waals surface area contributed by atoms with Crippen LogP contribution in [0, 0.1) is 0 Å². The van der Waals surface area contributed by atoms with E-state index in [0.29, 0.717) is 5.88 Å². The van der Waals surface area contributed by atoms with Crippen LogP contribution in [0.2, 0.25) is 0 Å². The van der Waals surface area contributed by atoms with Gasteiger partial charge in [-0.3, -0.25) is 0 Å². The van der Waals surface area contributed by atoms with Crippen molar-refractivity contribution in [2.24, 2.45) is 0 Å². The first-order valence-corrected chi connectivity index (χ1v) is 5.92. The van der Waals surface area contributed by atoms with E-state index in [1.54, 1.807) is 0 Å². The Bertz CT molecular complexity index is 358. The van der Waals surface area contributed by atoms with E-state index in [1.165, 1.54) is 11.1 Å². The first-order chi connectivity index (χ1) is 7.42. The van der Waals surface area contributed by atoms with E-state index in [4.69, 9.17) is 16.3 Å². The van der Waals surface area contributed by atoms with Crippen molar-refractivity contribution in [3.63, 3.8) is 0 Å². The monoisotopic (exact) mass is 222 g/mol. The predicted octanol–water partition coefficient (Wildman–Crippen LogP) is 3.65. The molecule has 0 unspecified atom stereocenters. The van der Waals surface area contributed by atoms with Gasteiger partial charge in [0.2, 0.25) is 0 Å². The van der Waals surface area contributed by atoms with E-state index >= 15 is 0 Å². The fourth-order valence-electron chi connectivity index (χ4n) is 1.82. The molecule has 1 aliphatic rings. The molecule has 0 fully saturated rings. The lowest BCUT2D eigenvalue weighted by molar-refractivity contribution is 0.287. The Kier molecular flexibility index (Phi) is 3.68. The number of hydrogen-bond donors (Lipinski definition) is 0. The summed E-state index contributed by atoms with van der Waals surface area (Å²) in [5.41, 5.74) is 2.51. The van der Waals surface area contributed by atoms with Crippen LogP contribution in [0.25, 0.3) is 6.08 Å². The Morgan fingerprint density at radius 2 is 2.33 bits per heavy atom. The minimum absolute atomic E-state index is 0.673. The maximum Gasteiger partial charge on any atom is 0.129 e. The minimum Gasteiger partial charge on any atom is -0.493 e. The maximum absolute atomic E-state index is 5.70. The molecule has 1 nitrogen and oxygen atoms in total. The third-order valence-corrected chi connectivity index (χ3v) is 2.76. The van der Waals surface area contributed by atoms with Crippen LogP contribution in [0.5, 0.6) is 5.75 Å². The van der Waals surface area contributed by atoms with E-state index in [1.807, 2.05) is 0 Å². The molecule has 2 rings (SSSR count). The lowest BCUT2D eigenvalue weighted by Gasteiger charge is -2.18. The van der Waals surface area contributed by atoms with Gasteiger partial charge in [0.1, 0.15) is 5.75 Å². The molecular weight excluding hydrogens is 208 g/mol. The number of hydrogen-bond acceptors (Lipinski definition) is 1. The van der Waals surface area contributed by atoms with Crippen LogP contribution in [0.1, 0.15) is 24.0 Å². The second-order valence-corrected chi connectivity index (χ2v) is 4.05. The van der Waals surface area contributed by atoms with Crippen molar-refractivity contribution < 1.29 is 4.74 Å². The van der Waals surface area contributed by atoms with Crippen LogP contribution < -0.4 is 4.74 Å². The molecule has 0 spiro atoms. The predicted molar refractivity (Wildman–Crippen MR) is 64.6 cm³/mol. The minimum atomic E-state index is 0.673. The van der Waals surface area contributed by atoms with Gasteiger partial charge in [0.05, 0.1) is 6.61 Å². The van der Waals surface area contributed by atoms with Gasteiger partial charge < -0.3 is 4.74 Å². The molecule has 1 aromatic rings. The third kappa shape index (κ3) is 2.54. The number of halogens is 1. The number of ether oxygens (including phenoxy) is 1. The number of rotatable bonds is 3. The number of para-hydroxylation sites is 1. The summed E-state index contributed by atoms with van der Waals surface area (Å²) in [6.45, 7) is 0.841. The number of alkyl halides is 1. The molecule has 80 valence electrons. The molecule has 1 heterocycles.